The molecule has 5 heteroatoms. The van der Waals surface area contributed by atoms with E-state index in [4.69, 9.17) is 11.6 Å². The van der Waals surface area contributed by atoms with Crippen LogP contribution in [0.4, 0.5) is 0 Å². The van der Waals surface area contributed by atoms with Gasteiger partial charge in [0.15, 0.2) is 0 Å². The van der Waals surface area contributed by atoms with Crippen LogP contribution in [0.2, 0.25) is 0 Å². The molecule has 0 N–H and O–H groups in total. The minimum atomic E-state index is -3.38. The summed E-state index contributed by atoms with van der Waals surface area (Å²) in [4.78, 5) is 0.344. The lowest BCUT2D eigenvalue weighted by Crippen LogP contribution is -2.36. The maximum Gasteiger partial charge on any atom is 0.243 e. The number of nitrogens with zero attached hydrogens (tertiary/aromatic N) is 1. The van der Waals surface area contributed by atoms with E-state index in [-0.39, 0.29) is 6.04 Å². The zero-order chi connectivity index (χ0) is 13.8. The van der Waals surface area contributed by atoms with E-state index in [0.29, 0.717) is 17.3 Å². The zero-order valence-corrected chi connectivity index (χ0v) is 12.6. The summed E-state index contributed by atoms with van der Waals surface area (Å²) >= 11 is 5.65. The third-order valence-electron chi connectivity index (χ3n) is 2.80. The standard InChI is InChI=1S/C13H20ClNO2S/c1-4-15(11(2)3)18(16,17)13-7-5-12(6-8-13)9-10-14/h5-8,11H,4,9-10H2,1-3H3. The van der Waals surface area contributed by atoms with Gasteiger partial charge in [0, 0.05) is 18.5 Å². The average Bonchev–Trinajstić information content (AvgIpc) is 2.30. The fourth-order valence-corrected chi connectivity index (χ4v) is 3.75. The molecular weight excluding hydrogens is 270 g/mol. The smallest absolute Gasteiger partial charge is 0.207 e. The Morgan fingerprint density at radius 2 is 1.78 bits per heavy atom. The maximum absolute atomic E-state index is 12.4. The molecule has 0 aliphatic heterocycles. The summed E-state index contributed by atoms with van der Waals surface area (Å²) in [6.07, 6.45) is 0.754. The molecule has 0 aliphatic carbocycles. The number of sulfonamides is 1. The first-order chi connectivity index (χ1) is 8.43. The molecule has 0 fully saturated rings. The lowest BCUT2D eigenvalue weighted by atomic mass is 10.2. The van der Waals surface area contributed by atoms with Crippen LogP contribution in [0.25, 0.3) is 0 Å². The van der Waals surface area contributed by atoms with Gasteiger partial charge in [-0.05, 0) is 38.0 Å². The van der Waals surface area contributed by atoms with Crippen LogP contribution in [-0.2, 0) is 16.4 Å². The minimum absolute atomic E-state index is 0.0393. The van der Waals surface area contributed by atoms with E-state index in [1.165, 1.54) is 4.31 Å². The Hall–Kier alpha value is -0.580. The van der Waals surface area contributed by atoms with Gasteiger partial charge in [-0.3, -0.25) is 0 Å². The van der Waals surface area contributed by atoms with Crippen molar-refractivity contribution in [2.75, 3.05) is 12.4 Å². The van der Waals surface area contributed by atoms with Crippen molar-refractivity contribution in [2.45, 2.75) is 38.1 Å². The summed E-state index contributed by atoms with van der Waals surface area (Å²) in [6, 6.07) is 6.92. The Kier molecular flexibility index (Phi) is 5.63. The number of aryl methyl sites for hydroxylation is 1. The van der Waals surface area contributed by atoms with Crippen molar-refractivity contribution in [1.82, 2.24) is 4.31 Å². The van der Waals surface area contributed by atoms with E-state index in [1.54, 1.807) is 12.1 Å². The topological polar surface area (TPSA) is 37.4 Å². The molecule has 3 nitrogen and oxygen atoms in total. The summed E-state index contributed by atoms with van der Waals surface area (Å²) in [6.45, 7) is 6.08. The predicted molar refractivity (Wildman–Crippen MR) is 75.6 cm³/mol. The van der Waals surface area contributed by atoms with Gasteiger partial charge in [-0.1, -0.05) is 19.1 Å². The van der Waals surface area contributed by atoms with Gasteiger partial charge in [-0.25, -0.2) is 8.42 Å². The highest BCUT2D eigenvalue weighted by Gasteiger charge is 2.25. The molecule has 0 aliphatic rings. The van der Waals surface area contributed by atoms with Crippen LogP contribution < -0.4 is 0 Å². The molecular formula is C13H20ClNO2S. The molecule has 0 bridgehead atoms. The SMILES string of the molecule is CCN(C(C)C)S(=O)(=O)c1ccc(CCCl)cc1. The number of alkyl halides is 1. The normalized spacial score (nSPS) is 12.3. The van der Waals surface area contributed by atoms with Gasteiger partial charge in [0.1, 0.15) is 0 Å². The van der Waals surface area contributed by atoms with Crippen molar-refractivity contribution < 1.29 is 8.42 Å². The molecule has 0 heterocycles. The first-order valence-corrected chi connectivity index (χ1v) is 8.07. The first kappa shape index (κ1) is 15.5. The summed E-state index contributed by atoms with van der Waals surface area (Å²) in [5.41, 5.74) is 1.05. The van der Waals surface area contributed by atoms with E-state index < -0.39 is 10.0 Å². The molecule has 0 atom stereocenters. The third kappa shape index (κ3) is 3.46. The van der Waals surface area contributed by atoms with Gasteiger partial charge in [0.2, 0.25) is 10.0 Å². The fraction of sp³-hybridized carbons (Fsp3) is 0.538. The van der Waals surface area contributed by atoms with Gasteiger partial charge >= 0.3 is 0 Å². The first-order valence-electron chi connectivity index (χ1n) is 6.10. The Bertz CT molecular complexity index is 468. The highest BCUT2D eigenvalue weighted by atomic mass is 35.5. The van der Waals surface area contributed by atoms with Gasteiger partial charge in [-0.2, -0.15) is 4.31 Å². The van der Waals surface area contributed by atoms with E-state index in [1.807, 2.05) is 32.9 Å². The van der Waals surface area contributed by atoms with Crippen LogP contribution in [-0.4, -0.2) is 31.2 Å². The van der Waals surface area contributed by atoms with Crippen LogP contribution in [0.5, 0.6) is 0 Å². The van der Waals surface area contributed by atoms with E-state index in [2.05, 4.69) is 0 Å². The van der Waals surface area contributed by atoms with Gasteiger partial charge in [0.05, 0.1) is 4.90 Å². The van der Waals surface area contributed by atoms with Crippen LogP contribution in [0.15, 0.2) is 29.2 Å². The second kappa shape index (κ2) is 6.55. The molecule has 0 saturated carbocycles. The van der Waals surface area contributed by atoms with Gasteiger partial charge < -0.3 is 0 Å². The summed E-state index contributed by atoms with van der Waals surface area (Å²) in [5.74, 6) is 0.541. The number of halogens is 1. The summed E-state index contributed by atoms with van der Waals surface area (Å²) in [7, 11) is -3.38. The second-order valence-electron chi connectivity index (χ2n) is 4.39. The van der Waals surface area contributed by atoms with E-state index >= 15 is 0 Å². The molecule has 0 aromatic heterocycles. The Morgan fingerprint density at radius 3 is 2.17 bits per heavy atom. The van der Waals surface area contributed by atoms with Gasteiger partial charge in [-0.15, -0.1) is 11.6 Å². The Labute approximate surface area is 115 Å². The highest BCUT2D eigenvalue weighted by molar-refractivity contribution is 7.89. The Balaban J connectivity index is 3.04. The molecule has 0 amide bonds. The largest absolute Gasteiger partial charge is 0.243 e. The van der Waals surface area contributed by atoms with Crippen molar-refractivity contribution in [3.63, 3.8) is 0 Å². The maximum atomic E-state index is 12.4. The summed E-state index contributed by atoms with van der Waals surface area (Å²) < 4.78 is 26.2. The van der Waals surface area contributed by atoms with Crippen molar-refractivity contribution in [2.24, 2.45) is 0 Å². The molecule has 1 rings (SSSR count). The second-order valence-corrected chi connectivity index (χ2v) is 6.65. The number of hydrogen-bond donors (Lipinski definition) is 0. The lowest BCUT2D eigenvalue weighted by Gasteiger charge is -2.24. The molecule has 18 heavy (non-hydrogen) atoms. The average molecular weight is 290 g/mol. The van der Waals surface area contributed by atoms with Crippen LogP contribution in [0.3, 0.4) is 0 Å². The summed E-state index contributed by atoms with van der Waals surface area (Å²) in [5, 5.41) is 0. The third-order valence-corrected chi connectivity index (χ3v) is 5.15. The number of hydrogen-bond acceptors (Lipinski definition) is 2. The molecule has 1 aromatic rings. The van der Waals surface area contributed by atoms with Crippen molar-refractivity contribution in [3.05, 3.63) is 29.8 Å². The quantitative estimate of drug-likeness (QED) is 0.755. The molecule has 0 unspecified atom stereocenters. The monoisotopic (exact) mass is 289 g/mol. The molecule has 0 saturated heterocycles. The van der Waals surface area contributed by atoms with E-state index in [9.17, 15) is 8.42 Å². The molecule has 0 radical (unpaired) electrons. The lowest BCUT2D eigenvalue weighted by molar-refractivity contribution is 0.369. The van der Waals surface area contributed by atoms with Crippen molar-refractivity contribution in [3.8, 4) is 0 Å². The minimum Gasteiger partial charge on any atom is -0.207 e. The number of rotatable bonds is 6. The van der Waals surface area contributed by atoms with Crippen LogP contribution >= 0.6 is 11.6 Å². The molecule has 0 spiro atoms. The fourth-order valence-electron chi connectivity index (χ4n) is 1.89. The van der Waals surface area contributed by atoms with Gasteiger partial charge in [0.25, 0.3) is 0 Å². The van der Waals surface area contributed by atoms with Crippen LogP contribution in [0.1, 0.15) is 26.3 Å². The number of benzene rings is 1. The Morgan fingerprint density at radius 1 is 1.22 bits per heavy atom. The zero-order valence-electron chi connectivity index (χ0n) is 11.1. The molecule has 1 aromatic carbocycles. The highest BCUT2D eigenvalue weighted by Crippen LogP contribution is 2.18. The van der Waals surface area contributed by atoms with Crippen molar-refractivity contribution >= 4 is 21.6 Å². The van der Waals surface area contributed by atoms with Crippen molar-refractivity contribution in [1.29, 1.82) is 0 Å². The molecule has 102 valence electrons. The predicted octanol–water partition coefficient (Wildman–Crippen LogP) is 2.89. The van der Waals surface area contributed by atoms with Crippen LogP contribution in [0, 0.1) is 0 Å². The van der Waals surface area contributed by atoms with E-state index in [0.717, 1.165) is 12.0 Å².